The van der Waals surface area contributed by atoms with E-state index in [1.807, 2.05) is 18.2 Å². The van der Waals surface area contributed by atoms with Crippen LogP contribution in [0.25, 0.3) is 21.6 Å². The Hall–Kier alpha value is -3.49. The van der Waals surface area contributed by atoms with E-state index < -0.39 is 11.9 Å². The summed E-state index contributed by atoms with van der Waals surface area (Å²) in [7, 11) is 2.97. The number of nitrogens with zero attached hydrogens (tertiary/aromatic N) is 2. The van der Waals surface area contributed by atoms with Crippen LogP contribution in [-0.2, 0) is 16.0 Å². The number of thiazole rings is 1. The Morgan fingerprint density at radius 2 is 1.87 bits per heavy atom. The Kier molecular flexibility index (Phi) is 6.11. The Balaban J connectivity index is 1.64. The minimum Gasteiger partial charge on any atom is -0.465 e. The van der Waals surface area contributed by atoms with Crippen molar-refractivity contribution in [1.29, 1.82) is 0 Å². The minimum atomic E-state index is -0.516. The number of benzene rings is 2. The van der Waals surface area contributed by atoms with Gasteiger partial charge in [0.25, 0.3) is 5.91 Å². The first-order valence-electron chi connectivity index (χ1n) is 9.64. The van der Waals surface area contributed by atoms with Crippen molar-refractivity contribution in [3.63, 3.8) is 0 Å². The first-order valence-corrected chi connectivity index (χ1v) is 10.5. The minimum absolute atomic E-state index is 0.281. The summed E-state index contributed by atoms with van der Waals surface area (Å²) in [6, 6.07) is 16.9. The number of aromatic nitrogens is 2. The van der Waals surface area contributed by atoms with Gasteiger partial charge in [-0.2, -0.15) is 0 Å². The standard InChI is InChI=1S/C23H21N3O4S/c1-29-12-11-26-19-10-6-3-7-15(19)13-20(26)22-25-18(14-31-22)21(27)24-17-9-5-4-8-16(17)23(28)30-2/h3-10,13-14H,11-12H2,1-2H3,(H,24,27). The zero-order valence-corrected chi connectivity index (χ0v) is 17.9. The van der Waals surface area contributed by atoms with Crippen LogP contribution in [0.5, 0.6) is 0 Å². The molecule has 1 N–H and O–H groups in total. The summed E-state index contributed by atoms with van der Waals surface area (Å²) in [6.45, 7) is 1.24. The van der Waals surface area contributed by atoms with Crippen molar-refractivity contribution in [2.75, 3.05) is 26.1 Å². The van der Waals surface area contributed by atoms with Gasteiger partial charge >= 0.3 is 5.97 Å². The second-order valence-electron chi connectivity index (χ2n) is 6.76. The lowest BCUT2D eigenvalue weighted by Gasteiger charge is -2.09. The number of anilines is 1. The van der Waals surface area contributed by atoms with Gasteiger partial charge in [0.15, 0.2) is 0 Å². The lowest BCUT2D eigenvalue weighted by Crippen LogP contribution is -2.15. The van der Waals surface area contributed by atoms with Crippen LogP contribution < -0.4 is 5.32 Å². The molecule has 158 valence electrons. The van der Waals surface area contributed by atoms with Crippen molar-refractivity contribution in [2.24, 2.45) is 0 Å². The third-order valence-electron chi connectivity index (χ3n) is 4.87. The summed E-state index contributed by atoms with van der Waals surface area (Å²) in [5, 5.41) is 6.31. The molecule has 0 aliphatic carbocycles. The van der Waals surface area contributed by atoms with Gasteiger partial charge in [-0.1, -0.05) is 30.3 Å². The van der Waals surface area contributed by atoms with Crippen LogP contribution in [0.1, 0.15) is 20.8 Å². The van der Waals surface area contributed by atoms with Crippen molar-refractivity contribution >= 4 is 39.8 Å². The molecule has 0 aliphatic heterocycles. The molecule has 0 bridgehead atoms. The quantitative estimate of drug-likeness (QED) is 0.434. The number of fused-ring (bicyclic) bond motifs is 1. The zero-order valence-electron chi connectivity index (χ0n) is 17.1. The smallest absolute Gasteiger partial charge is 0.339 e. The van der Waals surface area contributed by atoms with Gasteiger partial charge in [0.05, 0.1) is 30.7 Å². The van der Waals surface area contributed by atoms with Crippen molar-refractivity contribution in [1.82, 2.24) is 9.55 Å². The molecule has 0 spiro atoms. The number of ether oxygens (including phenoxy) is 2. The summed E-state index contributed by atoms with van der Waals surface area (Å²) in [4.78, 5) is 29.3. The van der Waals surface area contributed by atoms with Gasteiger partial charge in [0, 0.05) is 29.9 Å². The van der Waals surface area contributed by atoms with E-state index in [2.05, 4.69) is 27.0 Å². The highest BCUT2D eigenvalue weighted by Crippen LogP contribution is 2.31. The van der Waals surface area contributed by atoms with E-state index >= 15 is 0 Å². The monoisotopic (exact) mass is 435 g/mol. The largest absolute Gasteiger partial charge is 0.465 e. The molecule has 0 aliphatic rings. The fraction of sp³-hybridized carbons (Fsp3) is 0.174. The van der Waals surface area contributed by atoms with Crippen LogP contribution in [-0.4, -0.2) is 42.3 Å². The Morgan fingerprint density at radius 3 is 2.68 bits per heavy atom. The summed E-state index contributed by atoms with van der Waals surface area (Å²) >= 11 is 1.39. The number of hydrogen-bond donors (Lipinski definition) is 1. The van der Waals surface area contributed by atoms with Crippen LogP contribution in [0, 0.1) is 0 Å². The number of esters is 1. The highest BCUT2D eigenvalue weighted by atomic mass is 32.1. The molecule has 0 atom stereocenters. The van der Waals surface area contributed by atoms with Crippen LogP contribution in [0.15, 0.2) is 60.0 Å². The van der Waals surface area contributed by atoms with Crippen molar-refractivity contribution in [3.05, 3.63) is 71.2 Å². The topological polar surface area (TPSA) is 82.5 Å². The Bertz CT molecular complexity index is 1240. The fourth-order valence-electron chi connectivity index (χ4n) is 3.37. The molecule has 4 aromatic rings. The lowest BCUT2D eigenvalue weighted by atomic mass is 10.2. The molecule has 0 radical (unpaired) electrons. The van der Waals surface area contributed by atoms with Gasteiger partial charge in [-0.15, -0.1) is 11.3 Å². The maximum atomic E-state index is 12.8. The molecule has 2 aromatic carbocycles. The van der Waals surface area contributed by atoms with E-state index in [0.717, 1.165) is 21.6 Å². The van der Waals surface area contributed by atoms with E-state index in [1.54, 1.807) is 36.8 Å². The number of carbonyl (C=O) groups is 2. The summed E-state index contributed by atoms with van der Waals surface area (Å²) in [5.74, 6) is -0.907. The number of hydrogen-bond acceptors (Lipinski definition) is 6. The first-order chi connectivity index (χ1) is 15.1. The number of nitrogens with one attached hydrogen (secondary N) is 1. The maximum Gasteiger partial charge on any atom is 0.339 e. The molecule has 7 nitrogen and oxygen atoms in total. The van der Waals surface area contributed by atoms with Crippen LogP contribution in [0.2, 0.25) is 0 Å². The molecule has 1 amide bonds. The maximum absolute atomic E-state index is 12.8. The van der Waals surface area contributed by atoms with Gasteiger partial charge in [-0.05, 0) is 24.3 Å². The third kappa shape index (κ3) is 4.21. The number of para-hydroxylation sites is 2. The SMILES string of the molecule is COCCn1c(-c2nc(C(=O)Nc3ccccc3C(=O)OC)cs2)cc2ccccc21. The Morgan fingerprint density at radius 1 is 1.10 bits per heavy atom. The molecule has 0 fully saturated rings. The molecular formula is C23H21N3O4S. The second kappa shape index (κ2) is 9.11. The van der Waals surface area contributed by atoms with Gasteiger partial charge in [-0.25, -0.2) is 9.78 Å². The molecule has 2 aromatic heterocycles. The Labute approximate surface area is 183 Å². The average molecular weight is 436 g/mol. The summed E-state index contributed by atoms with van der Waals surface area (Å²) in [5.41, 5.74) is 2.96. The van der Waals surface area contributed by atoms with E-state index in [-0.39, 0.29) is 11.3 Å². The lowest BCUT2D eigenvalue weighted by molar-refractivity contribution is 0.0602. The van der Waals surface area contributed by atoms with E-state index in [1.165, 1.54) is 18.4 Å². The predicted octanol–water partition coefficient (Wildman–Crippen LogP) is 4.45. The molecule has 0 saturated heterocycles. The van der Waals surface area contributed by atoms with Gasteiger partial charge < -0.3 is 19.4 Å². The first kappa shape index (κ1) is 20.8. The third-order valence-corrected chi connectivity index (χ3v) is 5.73. The average Bonchev–Trinajstić information content (AvgIpc) is 3.42. The normalized spacial score (nSPS) is 10.9. The van der Waals surface area contributed by atoms with E-state index in [4.69, 9.17) is 9.47 Å². The van der Waals surface area contributed by atoms with Crippen molar-refractivity contribution < 1.29 is 19.1 Å². The van der Waals surface area contributed by atoms with Gasteiger partial charge in [0.2, 0.25) is 0 Å². The second-order valence-corrected chi connectivity index (χ2v) is 7.62. The molecule has 0 saturated carbocycles. The fourth-order valence-corrected chi connectivity index (χ4v) is 4.20. The summed E-state index contributed by atoms with van der Waals surface area (Å²) in [6.07, 6.45) is 0. The number of methoxy groups -OCH3 is 2. The van der Waals surface area contributed by atoms with Crippen LogP contribution >= 0.6 is 11.3 Å². The summed E-state index contributed by atoms with van der Waals surface area (Å²) < 4.78 is 12.2. The molecule has 0 unspecified atom stereocenters. The van der Waals surface area contributed by atoms with E-state index in [9.17, 15) is 9.59 Å². The van der Waals surface area contributed by atoms with Crippen LogP contribution in [0.3, 0.4) is 0 Å². The van der Waals surface area contributed by atoms with Crippen molar-refractivity contribution in [3.8, 4) is 10.7 Å². The number of amides is 1. The van der Waals surface area contributed by atoms with E-state index in [0.29, 0.717) is 18.8 Å². The molecular weight excluding hydrogens is 414 g/mol. The predicted molar refractivity (Wildman–Crippen MR) is 121 cm³/mol. The highest BCUT2D eigenvalue weighted by molar-refractivity contribution is 7.13. The molecule has 31 heavy (non-hydrogen) atoms. The van der Waals surface area contributed by atoms with Crippen molar-refractivity contribution in [2.45, 2.75) is 6.54 Å². The zero-order chi connectivity index (χ0) is 21.8. The van der Waals surface area contributed by atoms with Gasteiger partial charge in [0.1, 0.15) is 10.7 Å². The molecule has 4 rings (SSSR count). The molecule has 2 heterocycles. The number of rotatable bonds is 7. The highest BCUT2D eigenvalue weighted by Gasteiger charge is 2.19. The molecule has 8 heteroatoms. The van der Waals surface area contributed by atoms with Gasteiger partial charge in [-0.3, -0.25) is 4.79 Å². The number of carbonyl (C=O) groups excluding carboxylic acids is 2. The van der Waals surface area contributed by atoms with Crippen LogP contribution in [0.4, 0.5) is 5.69 Å².